The van der Waals surface area contributed by atoms with Gasteiger partial charge in [-0.2, -0.15) is 0 Å². The molecule has 0 aromatic heterocycles. The Bertz CT molecular complexity index is 924. The van der Waals surface area contributed by atoms with E-state index in [0.717, 1.165) is 0 Å². The largest absolute Gasteiger partial charge is 0.505 e. The summed E-state index contributed by atoms with van der Waals surface area (Å²) in [7, 11) is 1.53. The number of carbonyl (C=O) groups is 1. The highest BCUT2D eigenvalue weighted by Crippen LogP contribution is 2.64. The summed E-state index contributed by atoms with van der Waals surface area (Å²) in [5.41, 5.74) is 10.7. The Kier molecular flexibility index (Phi) is 4.10. The summed E-state index contributed by atoms with van der Waals surface area (Å²) in [5.74, 6) is -0.921. The monoisotopic (exact) mass is 408 g/mol. The minimum atomic E-state index is -0.956. The number of piperazine rings is 1. The van der Waals surface area contributed by atoms with Crippen molar-refractivity contribution in [2.75, 3.05) is 25.2 Å². The lowest BCUT2D eigenvalue weighted by Crippen LogP contribution is -2.54. The van der Waals surface area contributed by atoms with Crippen LogP contribution < -0.4 is 21.7 Å². The number of phenolic OH excluding ortho intramolecular Hbond substituents is 2. The first-order valence-electron chi connectivity index (χ1n) is 8.54. The minimum absolute atomic E-state index is 0.0286. The van der Waals surface area contributed by atoms with E-state index in [2.05, 4.69) is 15.5 Å². The molecule has 1 aromatic rings. The number of carbonyl (C=O) groups excluding carboxylic acids is 1. The molecule has 3 aliphatic rings. The van der Waals surface area contributed by atoms with Crippen molar-refractivity contribution in [3.8, 4) is 11.5 Å². The summed E-state index contributed by atoms with van der Waals surface area (Å²) < 4.78 is 11.0. The lowest BCUT2D eigenvalue weighted by molar-refractivity contribution is -0.0337. The van der Waals surface area contributed by atoms with Crippen molar-refractivity contribution in [1.29, 1.82) is 0 Å². The lowest BCUT2D eigenvalue weighted by atomic mass is 9.88. The highest BCUT2D eigenvalue weighted by atomic mass is 32.1. The van der Waals surface area contributed by atoms with E-state index in [-0.39, 0.29) is 41.0 Å². The van der Waals surface area contributed by atoms with Crippen LogP contribution >= 0.6 is 12.2 Å². The quantitative estimate of drug-likeness (QED) is 0.204. The Balaban J connectivity index is 1.92. The molecule has 28 heavy (non-hydrogen) atoms. The Hall–Kier alpha value is -2.70. The second kappa shape index (κ2) is 6.15. The fourth-order valence-corrected chi connectivity index (χ4v) is 4.57. The number of amides is 1. The molecule has 3 heterocycles. The lowest BCUT2D eigenvalue weighted by Gasteiger charge is -2.38. The van der Waals surface area contributed by atoms with E-state index in [1.54, 1.807) is 6.92 Å². The van der Waals surface area contributed by atoms with Gasteiger partial charge in [-0.3, -0.25) is 0 Å². The van der Waals surface area contributed by atoms with Crippen LogP contribution in [0.2, 0.25) is 0 Å². The molecular weight excluding hydrogens is 388 g/mol. The Morgan fingerprint density at radius 1 is 1.43 bits per heavy atom. The van der Waals surface area contributed by atoms with Crippen molar-refractivity contribution in [3.63, 3.8) is 0 Å². The van der Waals surface area contributed by atoms with Gasteiger partial charge in [-0.1, -0.05) is 0 Å². The van der Waals surface area contributed by atoms with Gasteiger partial charge in [0.2, 0.25) is 5.11 Å². The molecule has 4 rings (SSSR count). The first kappa shape index (κ1) is 18.7. The molecule has 3 aliphatic heterocycles. The number of hydrogen-bond acceptors (Lipinski definition) is 9. The maximum absolute atomic E-state index is 11.3. The van der Waals surface area contributed by atoms with Gasteiger partial charge < -0.3 is 41.4 Å². The number of thiocarbonyl (C=S) groups is 1. The molecule has 0 spiro atoms. The van der Waals surface area contributed by atoms with Gasteiger partial charge in [0.05, 0.1) is 17.6 Å². The van der Waals surface area contributed by atoms with E-state index in [4.69, 9.17) is 33.2 Å². The first-order chi connectivity index (χ1) is 13.2. The maximum atomic E-state index is 11.3. The third-order valence-corrected chi connectivity index (χ3v) is 5.77. The molecule has 4 atom stereocenters. The summed E-state index contributed by atoms with van der Waals surface area (Å²) in [4.78, 5) is 13.1. The molecular formula is C16H20N6O5S. The van der Waals surface area contributed by atoms with Gasteiger partial charge >= 0.3 is 6.09 Å². The molecule has 1 aromatic carbocycles. The highest BCUT2D eigenvalue weighted by molar-refractivity contribution is 7.80. The molecule has 11 nitrogen and oxygen atoms in total. The zero-order valence-electron chi connectivity index (χ0n) is 15.2. The van der Waals surface area contributed by atoms with Crippen LogP contribution in [-0.2, 0) is 9.47 Å². The van der Waals surface area contributed by atoms with Crippen LogP contribution in [-0.4, -0.2) is 59.5 Å². The van der Waals surface area contributed by atoms with E-state index < -0.39 is 17.7 Å². The number of benzene rings is 1. The number of nitrogens with zero attached hydrogens (tertiary/aromatic N) is 3. The average molecular weight is 408 g/mol. The molecule has 12 heteroatoms. The number of fused-ring (bicyclic) bond motifs is 5. The third kappa shape index (κ3) is 2.34. The highest BCUT2D eigenvalue weighted by Gasteiger charge is 2.71. The Morgan fingerprint density at radius 3 is 2.75 bits per heavy atom. The van der Waals surface area contributed by atoms with Crippen molar-refractivity contribution in [3.05, 3.63) is 11.1 Å². The summed E-state index contributed by atoms with van der Waals surface area (Å²) in [6.45, 7) is 2.00. The van der Waals surface area contributed by atoms with Gasteiger partial charge in [0, 0.05) is 30.8 Å². The van der Waals surface area contributed by atoms with Crippen molar-refractivity contribution in [2.24, 2.45) is 21.7 Å². The number of ether oxygens (including phenoxy) is 2. The molecule has 0 unspecified atom stereocenters. The molecule has 7 N–H and O–H groups in total. The standard InChI is InChI=1S/C16H20N6O5S/c1-5-9(20-21-14(17)28)12(24)8-6(4-27-15(18)25)16(26-2)13-7(19-13)3-22(16)10(8)11(5)23/h6-7,13,19,23-24H,3-4H2,1-2H3,(H2,17,28)(H2,18,25)/t6-,7+,13+,16-/m1/s1. The van der Waals surface area contributed by atoms with Crippen LogP contribution in [0.4, 0.5) is 16.2 Å². The SMILES string of the molecule is CO[C@@]12[C@H](COC(N)=O)c3c(O)c(N=NC(N)=S)c(C)c(O)c3N1C[C@@H]1N[C@@H]12. The van der Waals surface area contributed by atoms with Crippen molar-refractivity contribution in [1.82, 2.24) is 5.32 Å². The topological polar surface area (TPSA) is 178 Å². The van der Waals surface area contributed by atoms with Crippen LogP contribution in [0.3, 0.4) is 0 Å². The number of azo groups is 1. The Morgan fingerprint density at radius 2 is 2.14 bits per heavy atom. The van der Waals surface area contributed by atoms with Gasteiger partial charge in [-0.15, -0.1) is 10.2 Å². The second-order valence-electron chi connectivity index (χ2n) is 6.97. The summed E-state index contributed by atoms with van der Waals surface area (Å²) in [6, 6.07) is 0.104. The molecule has 150 valence electrons. The first-order valence-corrected chi connectivity index (χ1v) is 8.95. The van der Waals surface area contributed by atoms with E-state index in [0.29, 0.717) is 23.4 Å². The zero-order chi connectivity index (χ0) is 20.4. The normalized spacial score (nSPS) is 29.5. The minimum Gasteiger partial charge on any atom is -0.505 e. The molecule has 0 bridgehead atoms. The van der Waals surface area contributed by atoms with Crippen molar-refractivity contribution in [2.45, 2.75) is 30.7 Å². The number of primary amides is 1. The van der Waals surface area contributed by atoms with Gasteiger partial charge in [-0.25, -0.2) is 4.79 Å². The molecule has 2 fully saturated rings. The number of hydrogen-bond donors (Lipinski definition) is 5. The van der Waals surface area contributed by atoms with Crippen LogP contribution in [0.15, 0.2) is 10.2 Å². The van der Waals surface area contributed by atoms with E-state index in [1.807, 2.05) is 4.90 Å². The van der Waals surface area contributed by atoms with Crippen LogP contribution in [0.1, 0.15) is 17.0 Å². The number of aromatic hydroxyl groups is 2. The summed E-state index contributed by atoms with van der Waals surface area (Å²) in [6.07, 6.45) is -0.950. The van der Waals surface area contributed by atoms with Gasteiger partial charge in [-0.05, 0) is 19.1 Å². The summed E-state index contributed by atoms with van der Waals surface area (Å²) in [5, 5.41) is 32.5. The van der Waals surface area contributed by atoms with Gasteiger partial charge in [0.1, 0.15) is 23.8 Å². The molecule has 2 saturated heterocycles. The molecule has 1 amide bonds. The predicted molar refractivity (Wildman–Crippen MR) is 102 cm³/mol. The molecule has 0 radical (unpaired) electrons. The van der Waals surface area contributed by atoms with E-state index in [9.17, 15) is 15.0 Å². The molecule has 0 aliphatic carbocycles. The number of methoxy groups -OCH3 is 1. The van der Waals surface area contributed by atoms with Crippen LogP contribution in [0.5, 0.6) is 11.5 Å². The van der Waals surface area contributed by atoms with Gasteiger partial charge in [0.15, 0.2) is 5.72 Å². The average Bonchev–Trinajstić information content (AvgIpc) is 3.24. The number of nitrogens with two attached hydrogens (primary N) is 2. The fourth-order valence-electron chi connectivity index (χ4n) is 4.53. The maximum Gasteiger partial charge on any atom is 0.404 e. The van der Waals surface area contributed by atoms with E-state index in [1.165, 1.54) is 7.11 Å². The van der Waals surface area contributed by atoms with Crippen molar-refractivity contribution < 1.29 is 24.5 Å². The number of anilines is 1. The fraction of sp³-hybridized carbons (Fsp3) is 0.500. The predicted octanol–water partition coefficient (Wildman–Crippen LogP) is 0.429. The number of phenols is 2. The Labute approximate surface area is 165 Å². The smallest absolute Gasteiger partial charge is 0.404 e. The van der Waals surface area contributed by atoms with Gasteiger partial charge in [0.25, 0.3) is 0 Å². The van der Waals surface area contributed by atoms with Crippen LogP contribution in [0.25, 0.3) is 0 Å². The number of rotatable bonds is 4. The summed E-state index contributed by atoms with van der Waals surface area (Å²) >= 11 is 4.70. The van der Waals surface area contributed by atoms with Crippen LogP contribution in [0, 0.1) is 6.92 Å². The van der Waals surface area contributed by atoms with E-state index >= 15 is 0 Å². The number of nitrogens with one attached hydrogen (secondary N) is 1. The third-order valence-electron chi connectivity index (χ3n) is 5.69. The zero-order valence-corrected chi connectivity index (χ0v) is 16.0. The second-order valence-corrected chi connectivity index (χ2v) is 7.39. The van der Waals surface area contributed by atoms with Crippen molar-refractivity contribution >= 4 is 34.8 Å². The molecule has 0 saturated carbocycles.